The van der Waals surface area contributed by atoms with Gasteiger partial charge in [0.1, 0.15) is 0 Å². The van der Waals surface area contributed by atoms with Crippen molar-refractivity contribution < 1.29 is 0 Å². The zero-order valence-corrected chi connectivity index (χ0v) is 24.2. The number of aromatic nitrogens is 2. The van der Waals surface area contributed by atoms with Crippen LogP contribution in [0.15, 0.2) is 97.3 Å². The van der Waals surface area contributed by atoms with Gasteiger partial charge in [-0.2, -0.15) is 0 Å². The minimum Gasteiger partial charge on any atom is -0.256 e. The Morgan fingerprint density at radius 3 is 1.31 bits per heavy atom. The van der Waals surface area contributed by atoms with Gasteiger partial charge in [-0.3, -0.25) is 9.97 Å². The summed E-state index contributed by atoms with van der Waals surface area (Å²) in [7, 11) is 0. The van der Waals surface area contributed by atoms with Crippen LogP contribution in [-0.2, 0) is 25.7 Å². The van der Waals surface area contributed by atoms with Crippen LogP contribution < -0.4 is 0 Å². The summed E-state index contributed by atoms with van der Waals surface area (Å²) < 4.78 is 0. The average Bonchev–Trinajstić information content (AvgIpc) is 3.44. The van der Waals surface area contributed by atoms with E-state index in [4.69, 9.17) is 9.97 Å². The quantitative estimate of drug-likeness (QED) is 0.207. The number of fused-ring (bicyclic) bond motifs is 4. The maximum atomic E-state index is 5.13. The van der Waals surface area contributed by atoms with Gasteiger partial charge in [0.15, 0.2) is 0 Å². The van der Waals surface area contributed by atoms with Crippen LogP contribution in [0.5, 0.6) is 0 Å². The smallest absolute Gasteiger partial charge is 0.0711 e. The molecular formula is C40H36N2. The number of rotatable bonds is 3. The summed E-state index contributed by atoms with van der Waals surface area (Å²) >= 11 is 0. The van der Waals surface area contributed by atoms with E-state index in [0.717, 1.165) is 37.1 Å². The van der Waals surface area contributed by atoms with Crippen molar-refractivity contribution in [2.24, 2.45) is 0 Å². The Labute approximate surface area is 248 Å². The molecule has 0 spiro atoms. The highest BCUT2D eigenvalue weighted by Gasteiger charge is 2.22. The van der Waals surface area contributed by atoms with E-state index in [0.29, 0.717) is 0 Å². The zero-order valence-electron chi connectivity index (χ0n) is 24.2. The normalized spacial score (nSPS) is 15.1. The molecule has 0 bridgehead atoms. The molecule has 0 saturated carbocycles. The Morgan fingerprint density at radius 2 is 0.833 bits per heavy atom. The van der Waals surface area contributed by atoms with Crippen molar-refractivity contribution in [3.05, 3.63) is 120 Å². The first-order valence-electron chi connectivity index (χ1n) is 15.8. The van der Waals surface area contributed by atoms with Crippen molar-refractivity contribution in [2.45, 2.75) is 64.2 Å². The lowest BCUT2D eigenvalue weighted by molar-refractivity contribution is 0.711. The molecule has 0 N–H and O–H groups in total. The number of aryl methyl sites for hydroxylation is 4. The molecule has 0 saturated heterocycles. The highest BCUT2D eigenvalue weighted by atomic mass is 14.7. The van der Waals surface area contributed by atoms with Crippen molar-refractivity contribution in [3.63, 3.8) is 0 Å². The van der Waals surface area contributed by atoms with Crippen molar-refractivity contribution >= 4 is 21.5 Å². The molecule has 2 heteroatoms. The topological polar surface area (TPSA) is 25.8 Å². The molecule has 0 amide bonds. The molecule has 2 nitrogen and oxygen atoms in total. The Hall–Kier alpha value is -4.30. The molecule has 6 aromatic rings. The predicted molar refractivity (Wildman–Crippen MR) is 176 cm³/mol. The van der Waals surface area contributed by atoms with Crippen LogP contribution in [0.4, 0.5) is 0 Å². The lowest BCUT2D eigenvalue weighted by atomic mass is 9.84. The third-order valence-corrected chi connectivity index (χ3v) is 9.61. The van der Waals surface area contributed by atoms with Crippen LogP contribution in [0, 0.1) is 0 Å². The molecular weight excluding hydrogens is 508 g/mol. The minimum atomic E-state index is 1.07. The zero-order chi connectivity index (χ0) is 27.9. The fourth-order valence-corrected chi connectivity index (χ4v) is 7.39. The first kappa shape index (κ1) is 25.4. The summed E-state index contributed by atoms with van der Waals surface area (Å²) in [6, 6.07) is 31.6. The van der Waals surface area contributed by atoms with Crippen molar-refractivity contribution in [1.29, 1.82) is 0 Å². The van der Waals surface area contributed by atoms with Gasteiger partial charge in [-0.25, -0.2) is 0 Å². The van der Waals surface area contributed by atoms with Crippen LogP contribution in [0.2, 0.25) is 0 Å². The van der Waals surface area contributed by atoms with E-state index >= 15 is 0 Å². The van der Waals surface area contributed by atoms with Crippen LogP contribution in [0.1, 0.15) is 60.8 Å². The summed E-state index contributed by atoms with van der Waals surface area (Å²) in [4.78, 5) is 10.3. The van der Waals surface area contributed by atoms with E-state index in [1.54, 1.807) is 0 Å². The van der Waals surface area contributed by atoms with E-state index < -0.39 is 0 Å². The number of nitrogens with zero attached hydrogens (tertiary/aromatic N) is 2. The predicted octanol–water partition coefficient (Wildman–Crippen LogP) is 10.3. The average molecular weight is 545 g/mol. The SMILES string of the molecule is c1ccc2c(-c3c(-c4cc5c(cn4)CCCCC5)ccc4ccccc34)c(-c3cc4c(cn3)CCCCC4)ccc2c1. The standard InChI is InChI=1S/C40H36N2/c1-3-13-29-23-37(41-25-31(29)15-5-1)35-21-19-27-11-7-9-17-33(27)39(35)40-34-18-10-8-12-28(34)20-22-36(40)38-24-30-14-4-2-6-16-32(30)26-42-38/h7-12,17-26H,1-6,13-16H2. The maximum Gasteiger partial charge on any atom is 0.0711 e. The molecule has 8 rings (SSSR count). The van der Waals surface area contributed by atoms with Gasteiger partial charge in [0.05, 0.1) is 11.4 Å². The highest BCUT2D eigenvalue weighted by Crippen LogP contribution is 2.46. The molecule has 0 fully saturated rings. The Balaban J connectivity index is 1.43. The van der Waals surface area contributed by atoms with E-state index in [9.17, 15) is 0 Å². The largest absolute Gasteiger partial charge is 0.256 e. The van der Waals surface area contributed by atoms with Gasteiger partial charge in [-0.05, 0) is 107 Å². The van der Waals surface area contributed by atoms with E-state index in [2.05, 4.69) is 97.3 Å². The first-order valence-corrected chi connectivity index (χ1v) is 15.8. The number of benzene rings is 4. The van der Waals surface area contributed by atoms with Crippen molar-refractivity contribution in [3.8, 4) is 33.6 Å². The molecule has 0 aliphatic heterocycles. The minimum absolute atomic E-state index is 1.07. The molecule has 0 unspecified atom stereocenters. The second-order valence-electron chi connectivity index (χ2n) is 12.2. The van der Waals surface area contributed by atoms with Gasteiger partial charge in [0.2, 0.25) is 0 Å². The fourth-order valence-electron chi connectivity index (χ4n) is 7.39. The molecule has 2 aliphatic rings. The molecule has 4 aromatic carbocycles. The Bertz CT molecular complexity index is 1810. The maximum absolute atomic E-state index is 5.13. The molecule has 2 aliphatic carbocycles. The molecule has 42 heavy (non-hydrogen) atoms. The second-order valence-corrected chi connectivity index (χ2v) is 12.2. The van der Waals surface area contributed by atoms with Gasteiger partial charge in [-0.15, -0.1) is 0 Å². The summed E-state index contributed by atoms with van der Waals surface area (Å²) in [6.07, 6.45) is 16.6. The fraction of sp³-hybridized carbons (Fsp3) is 0.250. The molecule has 206 valence electrons. The number of hydrogen-bond acceptors (Lipinski definition) is 2. The molecule has 2 aromatic heterocycles. The first-order chi connectivity index (χ1) is 20.8. The lowest BCUT2D eigenvalue weighted by Crippen LogP contribution is -1.99. The van der Waals surface area contributed by atoms with E-state index in [1.807, 2.05) is 0 Å². The van der Waals surface area contributed by atoms with Gasteiger partial charge < -0.3 is 0 Å². The molecule has 2 heterocycles. The van der Waals surface area contributed by atoms with Crippen molar-refractivity contribution in [1.82, 2.24) is 9.97 Å². The molecule has 0 radical (unpaired) electrons. The van der Waals surface area contributed by atoms with Gasteiger partial charge >= 0.3 is 0 Å². The molecule has 0 atom stereocenters. The lowest BCUT2D eigenvalue weighted by Gasteiger charge is -2.20. The summed E-state index contributed by atoms with van der Waals surface area (Å²) in [5.41, 5.74) is 12.9. The van der Waals surface area contributed by atoms with Crippen LogP contribution >= 0.6 is 0 Å². The Kier molecular flexibility index (Phi) is 6.56. The Morgan fingerprint density at radius 1 is 0.405 bits per heavy atom. The highest BCUT2D eigenvalue weighted by molar-refractivity contribution is 6.14. The van der Waals surface area contributed by atoms with E-state index in [-0.39, 0.29) is 0 Å². The van der Waals surface area contributed by atoms with Gasteiger partial charge in [-0.1, -0.05) is 85.6 Å². The van der Waals surface area contributed by atoms with Crippen molar-refractivity contribution in [2.75, 3.05) is 0 Å². The van der Waals surface area contributed by atoms with Gasteiger partial charge in [0, 0.05) is 34.6 Å². The van der Waals surface area contributed by atoms with Crippen LogP contribution in [-0.4, -0.2) is 9.97 Å². The van der Waals surface area contributed by atoms with Crippen LogP contribution in [0.25, 0.3) is 55.2 Å². The third kappa shape index (κ3) is 4.50. The van der Waals surface area contributed by atoms with Gasteiger partial charge in [0.25, 0.3) is 0 Å². The number of pyridine rings is 2. The monoisotopic (exact) mass is 544 g/mol. The number of hydrogen-bond donors (Lipinski definition) is 0. The summed E-state index contributed by atoms with van der Waals surface area (Å²) in [5.74, 6) is 0. The van der Waals surface area contributed by atoms with E-state index in [1.165, 1.54) is 105 Å². The summed E-state index contributed by atoms with van der Waals surface area (Å²) in [5, 5.41) is 5.03. The third-order valence-electron chi connectivity index (χ3n) is 9.61. The van der Waals surface area contributed by atoms with Crippen LogP contribution in [0.3, 0.4) is 0 Å². The summed E-state index contributed by atoms with van der Waals surface area (Å²) in [6.45, 7) is 0. The second kappa shape index (κ2) is 10.8.